The first-order valence-corrected chi connectivity index (χ1v) is 9.43. The molecule has 2 aliphatic rings. The van der Waals surface area contributed by atoms with Gasteiger partial charge in [0.15, 0.2) is 0 Å². The summed E-state index contributed by atoms with van der Waals surface area (Å²) in [6.07, 6.45) is 9.08. The number of aromatic nitrogens is 1. The maximum absolute atomic E-state index is 12.5. The topological polar surface area (TPSA) is 90.1 Å². The highest BCUT2D eigenvalue weighted by molar-refractivity contribution is 14.1. The minimum Gasteiger partial charge on any atom is -0.364 e. The molecule has 0 unspecified atom stereocenters. The van der Waals surface area contributed by atoms with Crippen LogP contribution in [0.3, 0.4) is 0 Å². The number of nitrogens with one attached hydrogen (secondary N) is 5. The molecule has 0 saturated heterocycles. The fourth-order valence-electron chi connectivity index (χ4n) is 2.96. The van der Waals surface area contributed by atoms with Gasteiger partial charge in [0.1, 0.15) is 5.82 Å². The molecule has 4 rings (SSSR count). The van der Waals surface area contributed by atoms with Crippen LogP contribution in [0.15, 0.2) is 65.0 Å². The van der Waals surface area contributed by atoms with Crippen LogP contribution in [0.2, 0.25) is 0 Å². The third kappa shape index (κ3) is 3.75. The number of halogens is 1. The summed E-state index contributed by atoms with van der Waals surface area (Å²) in [6.45, 7) is 0.481. The van der Waals surface area contributed by atoms with E-state index < -0.39 is 0 Å². The van der Waals surface area contributed by atoms with Gasteiger partial charge in [0.25, 0.3) is 5.91 Å². The van der Waals surface area contributed by atoms with Gasteiger partial charge in [0.2, 0.25) is 0 Å². The van der Waals surface area contributed by atoms with Crippen molar-refractivity contribution < 1.29 is 4.79 Å². The van der Waals surface area contributed by atoms with Crippen molar-refractivity contribution in [3.63, 3.8) is 0 Å². The van der Waals surface area contributed by atoms with Crippen LogP contribution in [0.25, 0.3) is 5.70 Å². The Morgan fingerprint density at radius 2 is 2.00 bits per heavy atom. The van der Waals surface area contributed by atoms with Gasteiger partial charge in [-0.15, -0.1) is 0 Å². The number of amides is 1. The molecule has 136 valence electrons. The molecule has 0 spiro atoms. The van der Waals surface area contributed by atoms with Gasteiger partial charge >= 0.3 is 0 Å². The van der Waals surface area contributed by atoms with Crippen LogP contribution in [-0.2, 0) is 6.54 Å². The number of nitrogens with zero attached hydrogens (tertiary/aromatic N) is 1. The molecule has 8 heteroatoms. The van der Waals surface area contributed by atoms with E-state index in [1.807, 2.05) is 48.9 Å². The van der Waals surface area contributed by atoms with Gasteiger partial charge in [-0.05, 0) is 46.4 Å². The molecule has 3 heterocycles. The minimum atomic E-state index is -0.0893. The summed E-state index contributed by atoms with van der Waals surface area (Å²) in [4.78, 5) is 16.8. The van der Waals surface area contributed by atoms with E-state index in [-0.39, 0.29) is 5.91 Å². The van der Waals surface area contributed by atoms with Gasteiger partial charge in [-0.2, -0.15) is 0 Å². The zero-order valence-corrected chi connectivity index (χ0v) is 16.4. The lowest BCUT2D eigenvalue weighted by Gasteiger charge is -2.15. The number of pyridine rings is 1. The number of carbonyl (C=O) groups excluding carboxylic acids is 1. The molecular weight excluding hydrogens is 455 g/mol. The molecule has 5 N–H and O–H groups in total. The number of carbonyl (C=O) groups is 1. The summed E-state index contributed by atoms with van der Waals surface area (Å²) in [5.74, 6) is 0.607. The van der Waals surface area contributed by atoms with Gasteiger partial charge in [0.05, 0.1) is 20.7 Å². The van der Waals surface area contributed by atoms with Gasteiger partial charge in [-0.3, -0.25) is 4.79 Å². The van der Waals surface area contributed by atoms with E-state index >= 15 is 0 Å². The van der Waals surface area contributed by atoms with E-state index in [0.717, 1.165) is 26.2 Å². The molecule has 0 saturated carbocycles. The Kier molecular flexibility index (Phi) is 4.97. The van der Waals surface area contributed by atoms with E-state index in [1.165, 1.54) is 0 Å². The van der Waals surface area contributed by atoms with Gasteiger partial charge in [-0.25, -0.2) is 4.98 Å². The van der Waals surface area contributed by atoms with Crippen LogP contribution in [0.5, 0.6) is 0 Å². The molecule has 2 aliphatic heterocycles. The van der Waals surface area contributed by atoms with Crippen molar-refractivity contribution in [2.75, 3.05) is 5.32 Å². The molecule has 0 atom stereocenters. The average molecular weight is 472 g/mol. The molecule has 0 aliphatic carbocycles. The quantitative estimate of drug-likeness (QED) is 0.349. The van der Waals surface area contributed by atoms with E-state index in [0.29, 0.717) is 17.9 Å². The van der Waals surface area contributed by atoms with Crippen molar-refractivity contribution in [1.29, 1.82) is 0 Å². The number of fused-ring (bicyclic) bond motifs is 1. The number of anilines is 2. The fraction of sp³-hybridized carbons (Fsp3) is 0.0526. The molecule has 1 aromatic carbocycles. The Morgan fingerprint density at radius 1 is 1.07 bits per heavy atom. The Labute approximate surface area is 170 Å². The second-order valence-corrected chi connectivity index (χ2v) is 7.04. The smallest absolute Gasteiger partial charge is 0.254 e. The molecule has 7 nitrogen and oxygen atoms in total. The van der Waals surface area contributed by atoms with Crippen molar-refractivity contribution in [3.8, 4) is 0 Å². The van der Waals surface area contributed by atoms with Crippen LogP contribution >= 0.6 is 22.6 Å². The number of rotatable bonds is 3. The zero-order chi connectivity index (χ0) is 18.6. The Bertz CT molecular complexity index is 968. The largest absolute Gasteiger partial charge is 0.364 e. The fourth-order valence-corrected chi connectivity index (χ4v) is 3.30. The first-order chi connectivity index (χ1) is 13.2. The molecular formula is C19H17IN6O. The molecule has 0 radical (unpaired) electrons. The van der Waals surface area contributed by atoms with Crippen molar-refractivity contribution in [1.82, 2.24) is 26.3 Å². The van der Waals surface area contributed by atoms with E-state index in [4.69, 9.17) is 0 Å². The van der Waals surface area contributed by atoms with E-state index in [9.17, 15) is 4.79 Å². The molecule has 0 fully saturated rings. The predicted octanol–water partition coefficient (Wildman–Crippen LogP) is 2.85. The van der Waals surface area contributed by atoms with Crippen molar-refractivity contribution in [2.24, 2.45) is 0 Å². The minimum absolute atomic E-state index is 0.0893. The van der Waals surface area contributed by atoms with Gasteiger partial charge in [0, 0.05) is 43.1 Å². The third-order valence-electron chi connectivity index (χ3n) is 4.17. The van der Waals surface area contributed by atoms with Gasteiger partial charge in [-0.1, -0.05) is 12.1 Å². The van der Waals surface area contributed by atoms with Gasteiger partial charge < -0.3 is 26.6 Å². The first kappa shape index (κ1) is 17.4. The maximum Gasteiger partial charge on any atom is 0.254 e. The van der Waals surface area contributed by atoms with E-state index in [1.54, 1.807) is 12.4 Å². The molecule has 27 heavy (non-hydrogen) atoms. The van der Waals surface area contributed by atoms with Crippen LogP contribution < -0.4 is 26.6 Å². The average Bonchev–Trinajstić information content (AvgIpc) is 3.11. The summed E-state index contributed by atoms with van der Waals surface area (Å²) in [6, 6.07) is 9.53. The number of hydrogen-bond acceptors (Lipinski definition) is 6. The lowest BCUT2D eigenvalue weighted by atomic mass is 9.99. The summed E-state index contributed by atoms with van der Waals surface area (Å²) < 4.78 is 0.942. The molecule has 1 aromatic heterocycles. The standard InChI is InChI=1S/C19H17IN6O/c20-16-11-21-7-8-22-15(10-24-16)12-4-5-14(18-13(12)9-25-19(18)27)26-17-3-1-2-6-23-17/h1-8,10-11,21-22,24H,9H2,(H,23,26)(H,25,27). The SMILES string of the molecule is O=C1NCc2c(C3=CNC(I)=CNC=CN3)ccc(Nc3ccccn3)c21. The summed E-state index contributed by atoms with van der Waals surface area (Å²) >= 11 is 2.20. The number of benzene rings is 1. The van der Waals surface area contributed by atoms with Crippen LogP contribution in [0.4, 0.5) is 11.5 Å². The monoisotopic (exact) mass is 472 g/mol. The number of hydrogen-bond donors (Lipinski definition) is 5. The first-order valence-electron chi connectivity index (χ1n) is 8.35. The second kappa shape index (κ2) is 7.70. The summed E-state index contributed by atoms with van der Waals surface area (Å²) in [5.41, 5.74) is 4.16. The Hall–Kier alpha value is -3.01. The Morgan fingerprint density at radius 3 is 2.85 bits per heavy atom. The molecule has 1 amide bonds. The zero-order valence-electron chi connectivity index (χ0n) is 14.2. The Balaban J connectivity index is 1.74. The van der Waals surface area contributed by atoms with Crippen LogP contribution in [0, 0.1) is 0 Å². The normalized spacial score (nSPS) is 15.5. The van der Waals surface area contributed by atoms with Crippen LogP contribution in [0.1, 0.15) is 21.5 Å². The highest BCUT2D eigenvalue weighted by Crippen LogP contribution is 2.32. The highest BCUT2D eigenvalue weighted by atomic mass is 127. The lowest BCUT2D eigenvalue weighted by Crippen LogP contribution is -2.13. The van der Waals surface area contributed by atoms with Crippen molar-refractivity contribution in [2.45, 2.75) is 6.54 Å². The summed E-state index contributed by atoms with van der Waals surface area (Å²) in [7, 11) is 0. The van der Waals surface area contributed by atoms with Crippen molar-refractivity contribution >= 4 is 45.7 Å². The second-order valence-electron chi connectivity index (χ2n) is 5.88. The molecule has 2 aromatic rings. The lowest BCUT2D eigenvalue weighted by molar-refractivity contribution is 0.0966. The maximum atomic E-state index is 12.5. The third-order valence-corrected chi connectivity index (χ3v) is 4.79. The highest BCUT2D eigenvalue weighted by Gasteiger charge is 2.26. The van der Waals surface area contributed by atoms with Crippen LogP contribution in [-0.4, -0.2) is 10.9 Å². The summed E-state index contributed by atoms with van der Waals surface area (Å²) in [5, 5.41) is 15.7. The van der Waals surface area contributed by atoms with E-state index in [2.05, 4.69) is 54.2 Å². The predicted molar refractivity (Wildman–Crippen MR) is 114 cm³/mol. The van der Waals surface area contributed by atoms with Crippen molar-refractivity contribution in [3.05, 3.63) is 81.7 Å². The molecule has 0 bridgehead atoms.